The monoisotopic (exact) mass is 252 g/mol. The van der Waals surface area contributed by atoms with Crippen molar-refractivity contribution in [2.75, 3.05) is 17.6 Å². The summed E-state index contributed by atoms with van der Waals surface area (Å²) in [7, 11) is 0. The number of anilines is 2. The predicted octanol–water partition coefficient (Wildman–Crippen LogP) is 2.67. The first-order valence-electron chi connectivity index (χ1n) is 5.89. The first-order valence-corrected chi connectivity index (χ1v) is 5.89. The molecule has 6 nitrogen and oxygen atoms in total. The second-order valence-corrected chi connectivity index (χ2v) is 5.36. The minimum atomic E-state index is -0.461. The molecule has 18 heavy (non-hydrogen) atoms. The third kappa shape index (κ3) is 3.32. The van der Waals surface area contributed by atoms with Gasteiger partial charge in [0.25, 0.3) is 0 Å². The number of hydrogen-bond acceptors (Lipinski definition) is 5. The van der Waals surface area contributed by atoms with Crippen molar-refractivity contribution in [2.24, 2.45) is 11.3 Å². The molecular weight excluding hydrogens is 232 g/mol. The van der Waals surface area contributed by atoms with Gasteiger partial charge in [-0.05, 0) is 17.4 Å². The Morgan fingerprint density at radius 1 is 1.50 bits per heavy atom. The lowest BCUT2D eigenvalue weighted by molar-refractivity contribution is -0.384. The average molecular weight is 252 g/mol. The van der Waals surface area contributed by atoms with Crippen LogP contribution >= 0.6 is 0 Å². The lowest BCUT2D eigenvalue weighted by Crippen LogP contribution is -2.29. The van der Waals surface area contributed by atoms with Crippen molar-refractivity contribution in [1.82, 2.24) is 4.98 Å². The maximum atomic E-state index is 10.9. The van der Waals surface area contributed by atoms with Crippen LogP contribution in [0.1, 0.15) is 27.7 Å². The summed E-state index contributed by atoms with van der Waals surface area (Å²) in [4.78, 5) is 14.4. The van der Waals surface area contributed by atoms with E-state index in [4.69, 9.17) is 5.73 Å². The number of nitro groups is 1. The first-order chi connectivity index (χ1) is 8.24. The van der Waals surface area contributed by atoms with Crippen molar-refractivity contribution in [1.29, 1.82) is 0 Å². The fourth-order valence-electron chi connectivity index (χ4n) is 1.26. The number of aromatic nitrogens is 1. The third-order valence-corrected chi connectivity index (χ3v) is 3.37. The molecule has 0 radical (unpaired) electrons. The molecule has 0 spiro atoms. The summed E-state index contributed by atoms with van der Waals surface area (Å²) in [6.45, 7) is 9.03. The number of nitrogen functional groups attached to an aromatic ring is 1. The molecule has 6 heteroatoms. The molecule has 1 aromatic rings. The van der Waals surface area contributed by atoms with Gasteiger partial charge >= 0.3 is 5.69 Å². The number of nitrogens with two attached hydrogens (primary N) is 1. The van der Waals surface area contributed by atoms with E-state index in [0.717, 1.165) is 0 Å². The standard InChI is InChI=1S/C12H20N4O2/c1-8(2)12(3,4)7-14-11-9(16(17)18)5-6-10(13)15-11/h5-6,8H,7H2,1-4H3,(H3,13,14,15). The van der Waals surface area contributed by atoms with Crippen molar-refractivity contribution in [3.63, 3.8) is 0 Å². The zero-order valence-corrected chi connectivity index (χ0v) is 11.2. The smallest absolute Gasteiger partial charge is 0.311 e. The van der Waals surface area contributed by atoms with Crippen LogP contribution in [0.25, 0.3) is 0 Å². The van der Waals surface area contributed by atoms with Gasteiger partial charge in [-0.3, -0.25) is 10.1 Å². The van der Waals surface area contributed by atoms with Gasteiger partial charge < -0.3 is 11.1 Å². The molecular formula is C12H20N4O2. The third-order valence-electron chi connectivity index (χ3n) is 3.37. The van der Waals surface area contributed by atoms with Crippen LogP contribution in [0.3, 0.4) is 0 Å². The van der Waals surface area contributed by atoms with E-state index < -0.39 is 4.92 Å². The summed E-state index contributed by atoms with van der Waals surface area (Å²) in [5, 5.41) is 13.9. The molecule has 0 aliphatic carbocycles. The molecule has 0 aliphatic rings. The van der Waals surface area contributed by atoms with Crippen LogP contribution in [-0.4, -0.2) is 16.5 Å². The number of nitrogens with zero attached hydrogens (tertiary/aromatic N) is 2. The summed E-state index contributed by atoms with van der Waals surface area (Å²) in [6, 6.07) is 2.80. The summed E-state index contributed by atoms with van der Waals surface area (Å²) in [6.07, 6.45) is 0. The van der Waals surface area contributed by atoms with Gasteiger partial charge in [0.15, 0.2) is 0 Å². The van der Waals surface area contributed by atoms with Gasteiger partial charge in [0.05, 0.1) is 4.92 Å². The average Bonchev–Trinajstić information content (AvgIpc) is 2.26. The minimum absolute atomic E-state index is 0.0140. The lowest BCUT2D eigenvalue weighted by atomic mass is 9.81. The van der Waals surface area contributed by atoms with E-state index in [-0.39, 0.29) is 22.7 Å². The van der Waals surface area contributed by atoms with Gasteiger partial charge in [0.1, 0.15) is 5.82 Å². The van der Waals surface area contributed by atoms with Crippen molar-refractivity contribution in [3.05, 3.63) is 22.2 Å². The van der Waals surface area contributed by atoms with E-state index in [1.165, 1.54) is 12.1 Å². The molecule has 0 saturated heterocycles. The molecule has 0 saturated carbocycles. The highest BCUT2D eigenvalue weighted by atomic mass is 16.6. The van der Waals surface area contributed by atoms with Crippen LogP contribution in [-0.2, 0) is 0 Å². The highest BCUT2D eigenvalue weighted by Crippen LogP contribution is 2.28. The second-order valence-electron chi connectivity index (χ2n) is 5.36. The Hall–Kier alpha value is -1.85. The number of rotatable bonds is 5. The molecule has 1 aromatic heterocycles. The van der Waals surface area contributed by atoms with Crippen molar-refractivity contribution in [3.8, 4) is 0 Å². The molecule has 0 aromatic carbocycles. The van der Waals surface area contributed by atoms with Crippen LogP contribution in [0.4, 0.5) is 17.3 Å². The predicted molar refractivity (Wildman–Crippen MR) is 72.4 cm³/mol. The zero-order valence-electron chi connectivity index (χ0n) is 11.2. The Labute approximate surface area is 107 Å². The highest BCUT2D eigenvalue weighted by molar-refractivity contribution is 5.59. The Morgan fingerprint density at radius 2 is 2.11 bits per heavy atom. The first kappa shape index (κ1) is 14.2. The van der Waals surface area contributed by atoms with Gasteiger partial charge in [-0.25, -0.2) is 4.98 Å². The van der Waals surface area contributed by atoms with Crippen LogP contribution < -0.4 is 11.1 Å². The molecule has 1 heterocycles. The largest absolute Gasteiger partial charge is 0.384 e. The molecule has 100 valence electrons. The molecule has 0 unspecified atom stereocenters. The highest BCUT2D eigenvalue weighted by Gasteiger charge is 2.24. The minimum Gasteiger partial charge on any atom is -0.384 e. The SMILES string of the molecule is CC(C)C(C)(C)CNc1nc(N)ccc1[N+](=O)[O-]. The quantitative estimate of drug-likeness (QED) is 0.620. The summed E-state index contributed by atoms with van der Waals surface area (Å²) in [5.74, 6) is 0.948. The fourth-order valence-corrected chi connectivity index (χ4v) is 1.26. The van der Waals surface area contributed by atoms with E-state index in [0.29, 0.717) is 12.5 Å². The topological polar surface area (TPSA) is 94.1 Å². The molecule has 0 atom stereocenters. The van der Waals surface area contributed by atoms with E-state index in [1.54, 1.807) is 0 Å². The zero-order chi connectivity index (χ0) is 13.9. The molecule has 0 amide bonds. The summed E-state index contributed by atoms with van der Waals surface area (Å²) < 4.78 is 0. The van der Waals surface area contributed by atoms with Crippen LogP contribution in [0.15, 0.2) is 12.1 Å². The van der Waals surface area contributed by atoms with Crippen LogP contribution in [0, 0.1) is 21.4 Å². The number of pyridine rings is 1. The van der Waals surface area contributed by atoms with Gasteiger partial charge in [-0.2, -0.15) is 0 Å². The molecule has 0 aliphatic heterocycles. The normalized spacial score (nSPS) is 11.6. The van der Waals surface area contributed by atoms with Gasteiger partial charge in [0, 0.05) is 12.6 Å². The van der Waals surface area contributed by atoms with Crippen LogP contribution in [0.5, 0.6) is 0 Å². The van der Waals surface area contributed by atoms with Crippen LogP contribution in [0.2, 0.25) is 0 Å². The lowest BCUT2D eigenvalue weighted by Gasteiger charge is -2.29. The van der Waals surface area contributed by atoms with Crippen molar-refractivity contribution < 1.29 is 4.92 Å². The van der Waals surface area contributed by atoms with E-state index in [1.807, 2.05) is 0 Å². The molecule has 0 fully saturated rings. The van der Waals surface area contributed by atoms with Gasteiger partial charge in [-0.1, -0.05) is 27.7 Å². The van der Waals surface area contributed by atoms with Gasteiger partial charge in [0.2, 0.25) is 5.82 Å². The van der Waals surface area contributed by atoms with E-state index in [9.17, 15) is 10.1 Å². The summed E-state index contributed by atoms with van der Waals surface area (Å²) >= 11 is 0. The number of nitrogens with one attached hydrogen (secondary N) is 1. The Balaban J connectivity index is 2.90. The summed E-state index contributed by atoms with van der Waals surface area (Å²) in [5.41, 5.74) is 5.52. The van der Waals surface area contributed by atoms with E-state index in [2.05, 4.69) is 38.0 Å². The van der Waals surface area contributed by atoms with E-state index >= 15 is 0 Å². The number of hydrogen-bond donors (Lipinski definition) is 2. The maximum absolute atomic E-state index is 10.9. The fraction of sp³-hybridized carbons (Fsp3) is 0.583. The maximum Gasteiger partial charge on any atom is 0.311 e. The molecule has 3 N–H and O–H groups in total. The molecule has 0 bridgehead atoms. The van der Waals surface area contributed by atoms with Crippen molar-refractivity contribution >= 4 is 17.3 Å². The molecule has 1 rings (SSSR count). The second kappa shape index (κ2) is 5.20. The Kier molecular flexibility index (Phi) is 4.11. The Morgan fingerprint density at radius 3 is 2.61 bits per heavy atom. The van der Waals surface area contributed by atoms with Crippen molar-refractivity contribution in [2.45, 2.75) is 27.7 Å². The van der Waals surface area contributed by atoms with Gasteiger partial charge in [-0.15, -0.1) is 0 Å². The Bertz CT molecular complexity index is 444.